The molecule has 1 heterocycles. The number of benzene rings is 1. The molecule has 1 atom stereocenters. The van der Waals surface area contributed by atoms with Crippen LogP contribution in [0.25, 0.3) is 0 Å². The lowest BCUT2D eigenvalue weighted by Gasteiger charge is -2.21. The molecule has 1 aliphatic heterocycles. The number of hydrogen-bond donors (Lipinski definition) is 1. The summed E-state index contributed by atoms with van der Waals surface area (Å²) in [6.45, 7) is 4.04. The van der Waals surface area contributed by atoms with Crippen LogP contribution in [0.15, 0.2) is 29.3 Å². The first-order valence-corrected chi connectivity index (χ1v) is 6.15. The Morgan fingerprint density at radius 2 is 1.89 bits per heavy atom. The number of aliphatic imine (C=N–C) groups is 1. The van der Waals surface area contributed by atoms with E-state index in [0.717, 1.165) is 12.0 Å². The van der Waals surface area contributed by atoms with Crippen LogP contribution >= 0.6 is 0 Å². The maximum Gasteiger partial charge on any atom is 0.288 e. The fourth-order valence-electron chi connectivity index (χ4n) is 2.07. The minimum Gasteiger partial charge on any atom is -0.358 e. The first kappa shape index (κ1) is 12.6. The van der Waals surface area contributed by atoms with E-state index in [9.17, 15) is 4.79 Å². The lowest BCUT2D eigenvalue weighted by molar-refractivity contribution is -0.115. The predicted molar refractivity (Wildman–Crippen MR) is 72.4 cm³/mol. The summed E-state index contributed by atoms with van der Waals surface area (Å²) in [6.07, 6.45) is 1.01. The SMILES string of the molecule is CCc1ccc(C2(C)N=C(N(C)C)C(=O)N2)cc1. The zero-order valence-corrected chi connectivity index (χ0v) is 11.3. The second-order valence-corrected chi connectivity index (χ2v) is 4.91. The number of carbonyl (C=O) groups excluding carboxylic acids is 1. The molecular weight excluding hydrogens is 226 g/mol. The summed E-state index contributed by atoms with van der Waals surface area (Å²) < 4.78 is 0. The Hall–Kier alpha value is -1.84. The summed E-state index contributed by atoms with van der Waals surface area (Å²) >= 11 is 0. The van der Waals surface area contributed by atoms with Crippen molar-refractivity contribution in [2.75, 3.05) is 14.1 Å². The van der Waals surface area contributed by atoms with Gasteiger partial charge in [0.25, 0.3) is 5.91 Å². The molecule has 0 radical (unpaired) electrons. The second-order valence-electron chi connectivity index (χ2n) is 4.91. The van der Waals surface area contributed by atoms with Crippen LogP contribution in [0.2, 0.25) is 0 Å². The van der Waals surface area contributed by atoms with Crippen LogP contribution in [0.4, 0.5) is 0 Å². The molecule has 0 spiro atoms. The molecule has 0 aliphatic carbocycles. The van der Waals surface area contributed by atoms with Crippen LogP contribution in [0.3, 0.4) is 0 Å². The van der Waals surface area contributed by atoms with E-state index < -0.39 is 5.66 Å². The van der Waals surface area contributed by atoms with E-state index in [4.69, 9.17) is 0 Å². The van der Waals surface area contributed by atoms with Crippen molar-refractivity contribution in [3.8, 4) is 0 Å². The standard InChI is InChI=1S/C14H19N3O/c1-5-10-6-8-11(9-7-10)14(2)15-12(17(3)4)13(18)16-14/h6-9H,5H2,1-4H3,(H,16,18). The molecule has 0 saturated carbocycles. The van der Waals surface area contributed by atoms with Gasteiger partial charge in [-0.1, -0.05) is 31.2 Å². The largest absolute Gasteiger partial charge is 0.358 e. The topological polar surface area (TPSA) is 44.7 Å². The minimum absolute atomic E-state index is 0.123. The number of carbonyl (C=O) groups is 1. The molecule has 0 fully saturated rings. The number of likely N-dealkylation sites (N-methyl/N-ethyl adjacent to an activating group) is 1. The third kappa shape index (κ3) is 2.10. The van der Waals surface area contributed by atoms with Crippen molar-refractivity contribution >= 4 is 11.7 Å². The van der Waals surface area contributed by atoms with Crippen LogP contribution < -0.4 is 5.32 Å². The quantitative estimate of drug-likeness (QED) is 0.858. The number of amides is 1. The highest BCUT2D eigenvalue weighted by atomic mass is 16.2. The number of hydrogen-bond acceptors (Lipinski definition) is 3. The predicted octanol–water partition coefficient (Wildman–Crippen LogP) is 1.51. The van der Waals surface area contributed by atoms with Gasteiger partial charge in [-0.25, -0.2) is 4.99 Å². The van der Waals surface area contributed by atoms with E-state index in [2.05, 4.69) is 29.4 Å². The molecule has 4 nitrogen and oxygen atoms in total. The Morgan fingerprint density at radius 3 is 2.33 bits per heavy atom. The van der Waals surface area contributed by atoms with Crippen molar-refractivity contribution in [1.29, 1.82) is 0 Å². The molecule has 1 aromatic carbocycles. The monoisotopic (exact) mass is 245 g/mol. The summed E-state index contributed by atoms with van der Waals surface area (Å²) in [5, 5.41) is 2.93. The third-order valence-corrected chi connectivity index (χ3v) is 3.24. The molecule has 1 unspecified atom stereocenters. The van der Waals surface area contributed by atoms with Gasteiger partial charge >= 0.3 is 0 Å². The van der Waals surface area contributed by atoms with Gasteiger partial charge in [-0.05, 0) is 24.5 Å². The van der Waals surface area contributed by atoms with Gasteiger partial charge in [-0.3, -0.25) is 4.79 Å². The number of aryl methyl sites for hydroxylation is 1. The van der Waals surface area contributed by atoms with Gasteiger partial charge in [0, 0.05) is 14.1 Å². The summed E-state index contributed by atoms with van der Waals surface area (Å²) in [5.74, 6) is 0.346. The molecule has 0 aromatic heterocycles. The van der Waals surface area contributed by atoms with Gasteiger partial charge in [-0.2, -0.15) is 0 Å². The average Bonchev–Trinajstić information content (AvgIpc) is 2.66. The van der Waals surface area contributed by atoms with Crippen LogP contribution in [0.5, 0.6) is 0 Å². The number of nitrogens with one attached hydrogen (secondary N) is 1. The highest BCUT2D eigenvalue weighted by Gasteiger charge is 2.37. The van der Waals surface area contributed by atoms with E-state index in [1.165, 1.54) is 5.56 Å². The van der Waals surface area contributed by atoms with Gasteiger partial charge < -0.3 is 10.2 Å². The van der Waals surface area contributed by atoms with Crippen molar-refractivity contribution in [2.24, 2.45) is 4.99 Å². The van der Waals surface area contributed by atoms with Crippen LogP contribution in [-0.2, 0) is 16.9 Å². The first-order valence-electron chi connectivity index (χ1n) is 6.15. The van der Waals surface area contributed by atoms with E-state index >= 15 is 0 Å². The lowest BCUT2D eigenvalue weighted by Crippen LogP contribution is -2.39. The van der Waals surface area contributed by atoms with Crippen LogP contribution in [0.1, 0.15) is 25.0 Å². The maximum atomic E-state index is 11.8. The molecule has 1 amide bonds. The fraction of sp³-hybridized carbons (Fsp3) is 0.429. The lowest BCUT2D eigenvalue weighted by atomic mass is 10.0. The normalized spacial score (nSPS) is 22.7. The molecule has 1 aliphatic rings. The first-order chi connectivity index (χ1) is 8.46. The summed E-state index contributed by atoms with van der Waals surface area (Å²) in [5.41, 5.74) is 1.64. The van der Waals surface area contributed by atoms with Crippen molar-refractivity contribution in [3.63, 3.8) is 0 Å². The van der Waals surface area contributed by atoms with Crippen molar-refractivity contribution in [2.45, 2.75) is 25.9 Å². The van der Waals surface area contributed by atoms with Gasteiger partial charge in [0.15, 0.2) is 11.5 Å². The van der Waals surface area contributed by atoms with Crippen LogP contribution in [0, 0.1) is 0 Å². The van der Waals surface area contributed by atoms with E-state index in [-0.39, 0.29) is 5.91 Å². The zero-order chi connectivity index (χ0) is 13.3. The van der Waals surface area contributed by atoms with Gasteiger partial charge in [0.1, 0.15) is 0 Å². The number of rotatable bonds is 2. The Kier molecular flexibility index (Phi) is 3.11. The molecule has 96 valence electrons. The Balaban J connectivity index is 2.35. The zero-order valence-electron chi connectivity index (χ0n) is 11.3. The Morgan fingerprint density at radius 1 is 1.28 bits per heavy atom. The molecule has 18 heavy (non-hydrogen) atoms. The van der Waals surface area contributed by atoms with E-state index in [0.29, 0.717) is 5.84 Å². The van der Waals surface area contributed by atoms with Gasteiger partial charge in [0.2, 0.25) is 0 Å². The third-order valence-electron chi connectivity index (χ3n) is 3.24. The molecule has 4 heteroatoms. The van der Waals surface area contributed by atoms with E-state index in [1.807, 2.05) is 33.2 Å². The minimum atomic E-state index is -0.650. The highest BCUT2D eigenvalue weighted by Crippen LogP contribution is 2.26. The second kappa shape index (κ2) is 4.44. The molecule has 1 N–H and O–H groups in total. The molecular formula is C14H19N3O. The van der Waals surface area contributed by atoms with Gasteiger partial charge in [-0.15, -0.1) is 0 Å². The van der Waals surface area contributed by atoms with Crippen molar-refractivity contribution in [1.82, 2.24) is 10.2 Å². The molecule has 0 saturated heterocycles. The number of nitrogens with zero attached hydrogens (tertiary/aromatic N) is 2. The summed E-state index contributed by atoms with van der Waals surface area (Å²) in [4.78, 5) is 18.1. The van der Waals surface area contributed by atoms with Crippen LogP contribution in [-0.4, -0.2) is 30.7 Å². The maximum absolute atomic E-state index is 11.8. The molecule has 2 rings (SSSR count). The Labute approximate surface area is 108 Å². The molecule has 0 bridgehead atoms. The van der Waals surface area contributed by atoms with E-state index in [1.54, 1.807) is 4.90 Å². The average molecular weight is 245 g/mol. The summed E-state index contributed by atoms with van der Waals surface area (Å²) in [7, 11) is 3.65. The van der Waals surface area contributed by atoms with Crippen molar-refractivity contribution in [3.05, 3.63) is 35.4 Å². The van der Waals surface area contributed by atoms with Gasteiger partial charge in [0.05, 0.1) is 0 Å². The smallest absolute Gasteiger partial charge is 0.288 e. The fourth-order valence-corrected chi connectivity index (χ4v) is 2.07. The number of amidine groups is 1. The highest BCUT2D eigenvalue weighted by molar-refractivity contribution is 6.39. The summed E-state index contributed by atoms with van der Waals surface area (Å²) in [6, 6.07) is 8.22. The molecule has 1 aromatic rings. The van der Waals surface area contributed by atoms with Crippen molar-refractivity contribution < 1.29 is 4.79 Å². The Bertz CT molecular complexity index is 490.